The molecule has 8 nitrogen and oxygen atoms in total. The number of carboxylic acid groups (broad SMARTS) is 1. The van der Waals surface area contributed by atoms with Crippen molar-refractivity contribution >= 4 is 24.2 Å². The van der Waals surface area contributed by atoms with E-state index in [0.717, 1.165) is 5.56 Å². The van der Waals surface area contributed by atoms with Gasteiger partial charge in [0.15, 0.2) is 0 Å². The molecule has 0 aliphatic heterocycles. The van der Waals surface area contributed by atoms with Crippen LogP contribution in [0.15, 0.2) is 30.3 Å². The van der Waals surface area contributed by atoms with Gasteiger partial charge in [-0.1, -0.05) is 44.2 Å². The molecule has 1 aromatic carbocycles. The first-order valence-corrected chi connectivity index (χ1v) is 7.88. The maximum absolute atomic E-state index is 12.4. The van der Waals surface area contributed by atoms with E-state index in [4.69, 9.17) is 5.11 Å². The molecule has 0 heterocycles. The van der Waals surface area contributed by atoms with Crippen LogP contribution in [0.3, 0.4) is 0 Å². The Balaban J connectivity index is 2.88. The predicted octanol–water partition coefficient (Wildman–Crippen LogP) is -0.315. The Morgan fingerprint density at radius 2 is 1.76 bits per heavy atom. The minimum absolute atomic E-state index is 0.176. The first-order chi connectivity index (χ1) is 11.8. The zero-order valence-corrected chi connectivity index (χ0v) is 14.2. The number of carbonyl (C=O) groups excluding carboxylic acids is 3. The molecule has 0 fully saturated rings. The van der Waals surface area contributed by atoms with Gasteiger partial charge in [-0.3, -0.25) is 19.2 Å². The van der Waals surface area contributed by atoms with Gasteiger partial charge in [-0.15, -0.1) is 0 Å². The molecule has 0 unspecified atom stereocenters. The smallest absolute Gasteiger partial charge is 0.322 e. The fourth-order valence-corrected chi connectivity index (χ4v) is 2.25. The summed E-state index contributed by atoms with van der Waals surface area (Å²) in [4.78, 5) is 46.0. The van der Waals surface area contributed by atoms with Gasteiger partial charge in [-0.25, -0.2) is 0 Å². The van der Waals surface area contributed by atoms with Crippen LogP contribution in [0.25, 0.3) is 0 Å². The van der Waals surface area contributed by atoms with E-state index in [1.807, 2.05) is 6.07 Å². The van der Waals surface area contributed by atoms with Crippen molar-refractivity contribution in [2.45, 2.75) is 32.4 Å². The number of nitrogens with one attached hydrogen (secondary N) is 3. The molecule has 0 saturated carbocycles. The number of carbonyl (C=O) groups is 4. The van der Waals surface area contributed by atoms with Gasteiger partial charge in [-0.05, 0) is 11.5 Å². The molecule has 8 heteroatoms. The van der Waals surface area contributed by atoms with Gasteiger partial charge in [0.1, 0.15) is 18.6 Å². The lowest BCUT2D eigenvalue weighted by atomic mass is 10.0. The summed E-state index contributed by atoms with van der Waals surface area (Å²) in [5, 5.41) is 16.0. The molecule has 1 rings (SSSR count). The topological polar surface area (TPSA) is 125 Å². The summed E-state index contributed by atoms with van der Waals surface area (Å²) in [5.74, 6) is -2.47. The number of benzene rings is 1. The van der Waals surface area contributed by atoms with Gasteiger partial charge in [0.05, 0.1) is 0 Å². The second kappa shape index (κ2) is 10.1. The summed E-state index contributed by atoms with van der Waals surface area (Å²) >= 11 is 0. The van der Waals surface area contributed by atoms with Crippen LogP contribution < -0.4 is 16.0 Å². The zero-order chi connectivity index (χ0) is 18.8. The quantitative estimate of drug-likeness (QED) is 0.431. The summed E-state index contributed by atoms with van der Waals surface area (Å²) in [6, 6.07) is 7.28. The van der Waals surface area contributed by atoms with Crippen molar-refractivity contribution in [1.29, 1.82) is 0 Å². The van der Waals surface area contributed by atoms with Crippen LogP contribution in [0.1, 0.15) is 19.4 Å². The van der Waals surface area contributed by atoms with Gasteiger partial charge < -0.3 is 21.1 Å². The van der Waals surface area contributed by atoms with Crippen LogP contribution in [0.4, 0.5) is 0 Å². The molecule has 4 N–H and O–H groups in total. The minimum atomic E-state index is -1.18. The van der Waals surface area contributed by atoms with E-state index >= 15 is 0 Å². The first-order valence-electron chi connectivity index (χ1n) is 7.88. The molecule has 25 heavy (non-hydrogen) atoms. The zero-order valence-electron chi connectivity index (χ0n) is 14.2. The largest absolute Gasteiger partial charge is 0.480 e. The van der Waals surface area contributed by atoms with Crippen molar-refractivity contribution in [3.8, 4) is 0 Å². The molecule has 0 bridgehead atoms. The van der Waals surface area contributed by atoms with Crippen LogP contribution >= 0.6 is 0 Å². The fourth-order valence-electron chi connectivity index (χ4n) is 2.25. The monoisotopic (exact) mass is 349 g/mol. The van der Waals surface area contributed by atoms with Gasteiger partial charge in [0.2, 0.25) is 18.2 Å². The molecule has 0 aliphatic rings. The molecule has 2 atom stereocenters. The molecule has 0 spiro atoms. The van der Waals surface area contributed by atoms with Crippen LogP contribution in [0, 0.1) is 5.92 Å². The van der Waals surface area contributed by atoms with Crippen molar-refractivity contribution in [3.63, 3.8) is 0 Å². The van der Waals surface area contributed by atoms with Gasteiger partial charge >= 0.3 is 5.97 Å². The highest BCUT2D eigenvalue weighted by molar-refractivity contribution is 5.91. The van der Waals surface area contributed by atoms with E-state index in [-0.39, 0.29) is 12.3 Å². The molecule has 0 aromatic heterocycles. The van der Waals surface area contributed by atoms with Crippen LogP contribution in [-0.4, -0.2) is 47.9 Å². The number of rotatable bonds is 10. The molecule has 0 saturated heterocycles. The second-order valence-electron chi connectivity index (χ2n) is 5.87. The van der Waals surface area contributed by atoms with E-state index in [2.05, 4.69) is 16.0 Å². The van der Waals surface area contributed by atoms with E-state index in [1.54, 1.807) is 38.1 Å². The Morgan fingerprint density at radius 3 is 2.28 bits per heavy atom. The molecular weight excluding hydrogens is 326 g/mol. The average Bonchev–Trinajstić information content (AvgIpc) is 2.57. The summed E-state index contributed by atoms with van der Waals surface area (Å²) < 4.78 is 0. The van der Waals surface area contributed by atoms with E-state index in [1.165, 1.54) is 0 Å². The van der Waals surface area contributed by atoms with Gasteiger partial charge in [0, 0.05) is 6.42 Å². The third kappa shape index (κ3) is 7.03. The van der Waals surface area contributed by atoms with E-state index in [0.29, 0.717) is 6.41 Å². The minimum Gasteiger partial charge on any atom is -0.480 e. The summed E-state index contributed by atoms with van der Waals surface area (Å²) in [5.41, 5.74) is 0.808. The van der Waals surface area contributed by atoms with Gasteiger partial charge in [-0.2, -0.15) is 0 Å². The van der Waals surface area contributed by atoms with Crippen molar-refractivity contribution in [1.82, 2.24) is 16.0 Å². The molecule has 3 amide bonds. The first kappa shape index (κ1) is 20.1. The summed E-state index contributed by atoms with van der Waals surface area (Å²) in [7, 11) is 0. The maximum Gasteiger partial charge on any atom is 0.322 e. The molecule has 1 aromatic rings. The Kier molecular flexibility index (Phi) is 8.11. The van der Waals surface area contributed by atoms with Crippen LogP contribution in [0.2, 0.25) is 0 Å². The number of hydrogen-bond donors (Lipinski definition) is 4. The van der Waals surface area contributed by atoms with Crippen molar-refractivity contribution in [3.05, 3.63) is 35.9 Å². The number of hydrogen-bond acceptors (Lipinski definition) is 4. The molecule has 136 valence electrons. The SMILES string of the molecule is CC(C)[C@H](NC=O)C(=O)N[C@@H](Cc1ccccc1)C(=O)NCC(=O)O. The standard InChI is InChI=1S/C17H23N3O5/c1-11(2)15(19-10-21)17(25)20-13(16(24)18-9-14(22)23)8-12-6-4-3-5-7-12/h3-7,10-11,13,15H,8-9H2,1-2H3,(H,18,24)(H,19,21)(H,20,25)(H,22,23)/t13-,15-/m0/s1. The number of amides is 3. The van der Waals surface area contributed by atoms with E-state index < -0.39 is 36.4 Å². The molecule has 0 aliphatic carbocycles. The Bertz CT molecular complexity index is 604. The lowest BCUT2D eigenvalue weighted by Crippen LogP contribution is -2.55. The normalized spacial score (nSPS) is 12.8. The lowest BCUT2D eigenvalue weighted by molar-refractivity contribution is -0.138. The summed E-state index contributed by atoms with van der Waals surface area (Å²) in [6.07, 6.45) is 0.630. The summed E-state index contributed by atoms with van der Waals surface area (Å²) in [6.45, 7) is 2.98. The Morgan fingerprint density at radius 1 is 1.12 bits per heavy atom. The Hall–Kier alpha value is -2.90. The van der Waals surface area contributed by atoms with E-state index in [9.17, 15) is 19.2 Å². The Labute approximate surface area is 146 Å². The van der Waals surface area contributed by atoms with Crippen molar-refractivity contribution in [2.75, 3.05) is 6.54 Å². The third-order valence-corrected chi connectivity index (χ3v) is 3.53. The molecule has 0 radical (unpaired) electrons. The van der Waals surface area contributed by atoms with Crippen LogP contribution in [0.5, 0.6) is 0 Å². The van der Waals surface area contributed by atoms with Crippen LogP contribution in [-0.2, 0) is 25.6 Å². The highest BCUT2D eigenvalue weighted by Gasteiger charge is 2.27. The second-order valence-corrected chi connectivity index (χ2v) is 5.87. The highest BCUT2D eigenvalue weighted by Crippen LogP contribution is 2.06. The third-order valence-electron chi connectivity index (χ3n) is 3.53. The fraction of sp³-hybridized carbons (Fsp3) is 0.412. The lowest BCUT2D eigenvalue weighted by Gasteiger charge is -2.24. The van der Waals surface area contributed by atoms with Crippen molar-refractivity contribution < 1.29 is 24.3 Å². The van der Waals surface area contributed by atoms with Gasteiger partial charge in [0.25, 0.3) is 0 Å². The average molecular weight is 349 g/mol. The van der Waals surface area contributed by atoms with Crippen molar-refractivity contribution in [2.24, 2.45) is 5.92 Å². The molecular formula is C17H23N3O5. The highest BCUT2D eigenvalue weighted by atomic mass is 16.4. The number of aliphatic carboxylic acids is 1. The predicted molar refractivity (Wildman–Crippen MR) is 90.5 cm³/mol. The maximum atomic E-state index is 12.4. The number of carboxylic acids is 1.